The molecule has 0 atom stereocenters. The molecule has 19 heavy (non-hydrogen) atoms. The van der Waals surface area contributed by atoms with Crippen molar-refractivity contribution in [3.05, 3.63) is 29.8 Å². The van der Waals surface area contributed by atoms with Gasteiger partial charge < -0.3 is 10.5 Å². The molecular weight excluding hydrogens is 234 g/mol. The van der Waals surface area contributed by atoms with Gasteiger partial charge in [-0.05, 0) is 61.1 Å². The number of benzene rings is 1. The van der Waals surface area contributed by atoms with Gasteiger partial charge in [0.1, 0.15) is 5.75 Å². The first-order chi connectivity index (χ1) is 9.00. The highest BCUT2D eigenvalue weighted by Gasteiger charge is 2.37. The zero-order valence-corrected chi connectivity index (χ0v) is 12.5. The van der Waals surface area contributed by atoms with Gasteiger partial charge in [0.2, 0.25) is 0 Å². The molecule has 0 bridgehead atoms. The van der Waals surface area contributed by atoms with Gasteiger partial charge in [0.15, 0.2) is 0 Å². The standard InChI is InChI=1S/C17H27NO/c1-16(2)8-10-17(13-18,11-9-16)12-14-6-4-5-7-15(14)19-3/h4-7H,8-13,18H2,1-3H3. The molecule has 2 rings (SSSR count). The van der Waals surface area contributed by atoms with E-state index in [4.69, 9.17) is 10.5 Å². The van der Waals surface area contributed by atoms with Crippen molar-refractivity contribution in [1.82, 2.24) is 0 Å². The van der Waals surface area contributed by atoms with Gasteiger partial charge in [-0.25, -0.2) is 0 Å². The van der Waals surface area contributed by atoms with Gasteiger partial charge in [-0.2, -0.15) is 0 Å². The van der Waals surface area contributed by atoms with E-state index in [-0.39, 0.29) is 5.41 Å². The molecule has 2 heteroatoms. The van der Waals surface area contributed by atoms with E-state index in [0.717, 1.165) is 18.7 Å². The molecule has 1 fully saturated rings. The van der Waals surface area contributed by atoms with Gasteiger partial charge in [0.25, 0.3) is 0 Å². The molecule has 0 unspecified atom stereocenters. The number of hydrogen-bond acceptors (Lipinski definition) is 2. The highest BCUT2D eigenvalue weighted by Crippen LogP contribution is 2.46. The fraction of sp³-hybridized carbons (Fsp3) is 0.647. The SMILES string of the molecule is COc1ccccc1CC1(CN)CCC(C)(C)CC1. The predicted octanol–water partition coefficient (Wildman–Crippen LogP) is 3.78. The Morgan fingerprint density at radius 2 is 1.74 bits per heavy atom. The molecule has 0 heterocycles. The van der Waals surface area contributed by atoms with Crippen LogP contribution in [0.25, 0.3) is 0 Å². The Balaban J connectivity index is 2.15. The third-order valence-electron chi connectivity index (χ3n) is 4.86. The van der Waals surface area contributed by atoms with Crippen LogP contribution in [-0.2, 0) is 6.42 Å². The van der Waals surface area contributed by atoms with Crippen molar-refractivity contribution in [3.8, 4) is 5.75 Å². The van der Waals surface area contributed by atoms with Crippen LogP contribution in [0, 0.1) is 10.8 Å². The third-order valence-corrected chi connectivity index (χ3v) is 4.86. The van der Waals surface area contributed by atoms with E-state index in [1.165, 1.54) is 31.2 Å². The van der Waals surface area contributed by atoms with Crippen LogP contribution in [-0.4, -0.2) is 13.7 Å². The molecule has 0 amide bonds. The van der Waals surface area contributed by atoms with E-state index in [1.54, 1.807) is 7.11 Å². The van der Waals surface area contributed by atoms with Crippen LogP contribution >= 0.6 is 0 Å². The second-order valence-corrected chi connectivity index (χ2v) is 6.86. The summed E-state index contributed by atoms with van der Waals surface area (Å²) < 4.78 is 5.48. The second-order valence-electron chi connectivity index (χ2n) is 6.86. The summed E-state index contributed by atoms with van der Waals surface area (Å²) in [5, 5.41) is 0. The van der Waals surface area contributed by atoms with Crippen molar-refractivity contribution in [3.63, 3.8) is 0 Å². The van der Waals surface area contributed by atoms with Gasteiger partial charge in [0.05, 0.1) is 7.11 Å². The van der Waals surface area contributed by atoms with Crippen LogP contribution in [0.2, 0.25) is 0 Å². The molecule has 0 aliphatic heterocycles. The van der Waals surface area contributed by atoms with E-state index in [1.807, 2.05) is 12.1 Å². The Labute approximate surface area is 117 Å². The van der Waals surface area contributed by atoms with Gasteiger partial charge in [0, 0.05) is 0 Å². The molecular formula is C17H27NO. The lowest BCUT2D eigenvalue weighted by atomic mass is 9.63. The van der Waals surface area contributed by atoms with E-state index >= 15 is 0 Å². The van der Waals surface area contributed by atoms with Crippen LogP contribution < -0.4 is 10.5 Å². The summed E-state index contributed by atoms with van der Waals surface area (Å²) in [4.78, 5) is 0. The second kappa shape index (κ2) is 5.54. The minimum Gasteiger partial charge on any atom is -0.496 e. The van der Waals surface area contributed by atoms with Crippen LogP contribution in [0.15, 0.2) is 24.3 Å². The molecule has 0 saturated heterocycles. The number of rotatable bonds is 4. The minimum absolute atomic E-state index is 0.268. The largest absolute Gasteiger partial charge is 0.496 e. The molecule has 106 valence electrons. The number of methoxy groups -OCH3 is 1. The zero-order valence-electron chi connectivity index (χ0n) is 12.5. The maximum Gasteiger partial charge on any atom is 0.122 e. The number of nitrogens with two attached hydrogens (primary N) is 1. The first kappa shape index (κ1) is 14.4. The number of ether oxygens (including phenoxy) is 1. The molecule has 2 nitrogen and oxygen atoms in total. The fourth-order valence-electron chi connectivity index (χ4n) is 3.16. The van der Waals surface area contributed by atoms with Crippen LogP contribution in [0.5, 0.6) is 5.75 Å². The molecule has 1 saturated carbocycles. The monoisotopic (exact) mass is 261 g/mol. The highest BCUT2D eigenvalue weighted by atomic mass is 16.5. The van der Waals surface area contributed by atoms with E-state index < -0.39 is 0 Å². The van der Waals surface area contributed by atoms with Crippen molar-refractivity contribution >= 4 is 0 Å². The minimum atomic E-state index is 0.268. The van der Waals surface area contributed by atoms with Gasteiger partial charge in [-0.3, -0.25) is 0 Å². The quantitative estimate of drug-likeness (QED) is 0.895. The zero-order chi connectivity index (χ0) is 13.9. The maximum absolute atomic E-state index is 6.13. The average molecular weight is 261 g/mol. The van der Waals surface area contributed by atoms with E-state index in [9.17, 15) is 0 Å². The van der Waals surface area contributed by atoms with Crippen molar-refractivity contribution in [1.29, 1.82) is 0 Å². The highest BCUT2D eigenvalue weighted by molar-refractivity contribution is 5.34. The van der Waals surface area contributed by atoms with Crippen LogP contribution in [0.3, 0.4) is 0 Å². The van der Waals surface area contributed by atoms with E-state index in [0.29, 0.717) is 5.41 Å². The number of hydrogen-bond donors (Lipinski definition) is 1. The molecule has 1 aliphatic carbocycles. The van der Waals surface area contributed by atoms with Gasteiger partial charge in [-0.1, -0.05) is 32.0 Å². The lowest BCUT2D eigenvalue weighted by molar-refractivity contribution is 0.107. The predicted molar refractivity (Wildman–Crippen MR) is 80.4 cm³/mol. The van der Waals surface area contributed by atoms with Crippen molar-refractivity contribution < 1.29 is 4.74 Å². The van der Waals surface area contributed by atoms with Gasteiger partial charge >= 0.3 is 0 Å². The summed E-state index contributed by atoms with van der Waals surface area (Å²) in [6.45, 7) is 5.52. The molecule has 0 spiro atoms. The Morgan fingerprint density at radius 1 is 1.11 bits per heavy atom. The topological polar surface area (TPSA) is 35.2 Å². The first-order valence-corrected chi connectivity index (χ1v) is 7.32. The lowest BCUT2D eigenvalue weighted by Gasteiger charge is -2.43. The summed E-state index contributed by atoms with van der Waals surface area (Å²) in [7, 11) is 1.75. The maximum atomic E-state index is 6.13. The summed E-state index contributed by atoms with van der Waals surface area (Å²) >= 11 is 0. The first-order valence-electron chi connectivity index (χ1n) is 7.32. The molecule has 1 aliphatic rings. The lowest BCUT2D eigenvalue weighted by Crippen LogP contribution is -2.39. The van der Waals surface area contributed by atoms with E-state index in [2.05, 4.69) is 26.0 Å². The van der Waals surface area contributed by atoms with Crippen molar-refractivity contribution in [2.24, 2.45) is 16.6 Å². The smallest absolute Gasteiger partial charge is 0.122 e. The molecule has 0 radical (unpaired) electrons. The molecule has 0 aromatic heterocycles. The molecule has 1 aromatic carbocycles. The summed E-state index contributed by atoms with van der Waals surface area (Å²) in [6.07, 6.45) is 6.06. The van der Waals surface area contributed by atoms with Crippen LogP contribution in [0.4, 0.5) is 0 Å². The Morgan fingerprint density at radius 3 is 2.32 bits per heavy atom. The average Bonchev–Trinajstić information content (AvgIpc) is 2.42. The summed E-state index contributed by atoms with van der Waals surface area (Å²) in [5.74, 6) is 1.00. The molecule has 2 N–H and O–H groups in total. The summed E-state index contributed by atoms with van der Waals surface area (Å²) in [6, 6.07) is 8.35. The van der Waals surface area contributed by atoms with Crippen LogP contribution in [0.1, 0.15) is 45.1 Å². The Hall–Kier alpha value is -1.02. The Kier molecular flexibility index (Phi) is 4.19. The van der Waals surface area contributed by atoms with Crippen molar-refractivity contribution in [2.45, 2.75) is 46.0 Å². The third kappa shape index (κ3) is 3.30. The summed E-state index contributed by atoms with van der Waals surface area (Å²) in [5.41, 5.74) is 8.18. The number of para-hydroxylation sites is 1. The fourth-order valence-corrected chi connectivity index (χ4v) is 3.16. The van der Waals surface area contributed by atoms with Crippen molar-refractivity contribution in [2.75, 3.05) is 13.7 Å². The Bertz CT molecular complexity index is 415. The molecule has 1 aromatic rings. The van der Waals surface area contributed by atoms with Gasteiger partial charge in [-0.15, -0.1) is 0 Å². The normalized spacial score (nSPS) is 21.1.